The van der Waals surface area contributed by atoms with Crippen molar-refractivity contribution >= 4 is 55.3 Å². The number of carbonyl (C=O) groups is 3. The lowest BCUT2D eigenvalue weighted by molar-refractivity contribution is -0.143. The topological polar surface area (TPSA) is 149 Å². The van der Waals surface area contributed by atoms with Crippen LogP contribution in [-0.2, 0) is 41.2 Å². The normalized spacial score (nSPS) is 17.0. The smallest absolute Gasteiger partial charge is 0.433 e. The summed E-state index contributed by atoms with van der Waals surface area (Å²) in [6.45, 7) is 12.7. The molecule has 3 atom stereocenters. The molecule has 1 aliphatic heterocycles. The van der Waals surface area contributed by atoms with Gasteiger partial charge in [0.1, 0.15) is 28.9 Å². The number of alkyl carbamates (subject to hydrolysis) is 1. The van der Waals surface area contributed by atoms with Gasteiger partial charge in [-0.2, -0.15) is 13.2 Å². The Kier molecular flexibility index (Phi) is 15.6. The van der Waals surface area contributed by atoms with Gasteiger partial charge in [0.25, 0.3) is 5.91 Å². The number of pyridine rings is 1. The molecule has 0 radical (unpaired) electrons. The minimum absolute atomic E-state index is 0. The third-order valence-corrected chi connectivity index (χ3v) is 7.94. The zero-order chi connectivity index (χ0) is 38.7. The number of fused-ring (bicyclic) bond motifs is 1. The van der Waals surface area contributed by atoms with Crippen molar-refractivity contribution in [3.63, 3.8) is 0 Å². The number of amides is 2. The van der Waals surface area contributed by atoms with Gasteiger partial charge in [-0.05, 0) is 57.5 Å². The van der Waals surface area contributed by atoms with E-state index in [-0.39, 0.29) is 41.9 Å². The van der Waals surface area contributed by atoms with E-state index in [9.17, 15) is 31.8 Å². The van der Waals surface area contributed by atoms with Crippen LogP contribution in [0.1, 0.15) is 59.3 Å². The van der Waals surface area contributed by atoms with Crippen molar-refractivity contribution in [2.45, 2.75) is 70.3 Å². The molecule has 280 valence electrons. The minimum Gasteiger partial charge on any atom is -0.479 e. The van der Waals surface area contributed by atoms with Gasteiger partial charge in [-0.1, -0.05) is 37.5 Å². The Hall–Kier alpha value is -4.50. The number of ether oxygens (including phenoxy) is 2. The van der Waals surface area contributed by atoms with E-state index in [4.69, 9.17) is 14.3 Å². The quantitative estimate of drug-likeness (QED) is 0.0604. The van der Waals surface area contributed by atoms with Crippen LogP contribution >= 0.6 is 9.24 Å². The van der Waals surface area contributed by atoms with Gasteiger partial charge >= 0.3 is 18.2 Å². The number of nitrogens with zero attached hydrogens (tertiary/aromatic N) is 4. The van der Waals surface area contributed by atoms with Crippen LogP contribution in [0.4, 0.5) is 28.0 Å². The van der Waals surface area contributed by atoms with Crippen molar-refractivity contribution in [3.05, 3.63) is 77.5 Å². The molecule has 0 spiro atoms. The molecule has 51 heavy (non-hydrogen) atoms. The highest BCUT2D eigenvalue weighted by Gasteiger charge is 2.37. The number of aromatic nitrogens is 1. The monoisotopic (exact) mass is 759 g/mol. The molecule has 2 amide bonds. The first-order chi connectivity index (χ1) is 23.9. The van der Waals surface area contributed by atoms with E-state index in [1.165, 1.54) is 31.3 Å². The molecule has 2 unspecified atom stereocenters. The highest BCUT2D eigenvalue weighted by molar-refractivity contribution is 7.85. The molecule has 2 aromatic rings. The van der Waals surface area contributed by atoms with Crippen molar-refractivity contribution in [1.29, 1.82) is 0 Å². The Morgan fingerprint density at radius 3 is 2.43 bits per heavy atom. The van der Waals surface area contributed by atoms with Gasteiger partial charge < -0.3 is 24.5 Å². The third kappa shape index (κ3) is 12.1. The molecule has 0 aliphatic carbocycles. The minimum atomic E-state index is -4.80. The number of carbonyl (C=O) groups excluding carboxylic acids is 3. The summed E-state index contributed by atoms with van der Waals surface area (Å²) in [6.07, 6.45) is -2.91. The maximum absolute atomic E-state index is 15.4. The molecule has 0 saturated heterocycles. The Morgan fingerprint density at radius 2 is 1.90 bits per heavy atom. The fraction of sp³-hybridized carbons (Fsp3) is 0.394. The molecule has 12 nitrogen and oxygen atoms in total. The summed E-state index contributed by atoms with van der Waals surface area (Å²) in [7, 11) is 1.51. The number of methoxy groups -OCH3 is 1. The first kappa shape index (κ1) is 42.7. The van der Waals surface area contributed by atoms with E-state index in [0.717, 1.165) is 24.2 Å². The largest absolute Gasteiger partial charge is 0.479 e. The van der Waals surface area contributed by atoms with Crippen molar-refractivity contribution in [1.82, 2.24) is 10.3 Å². The van der Waals surface area contributed by atoms with Crippen LogP contribution in [0.2, 0.25) is 0 Å². The number of halogens is 4. The second-order valence-corrected chi connectivity index (χ2v) is 12.9. The Morgan fingerprint density at radius 1 is 1.24 bits per heavy atom. The van der Waals surface area contributed by atoms with E-state index in [0.29, 0.717) is 11.6 Å². The van der Waals surface area contributed by atoms with E-state index in [1.54, 1.807) is 27.7 Å². The first-order valence-electron chi connectivity index (χ1n) is 15.2. The molecule has 1 aliphatic rings. The van der Waals surface area contributed by atoms with Crippen LogP contribution in [0.15, 0.2) is 69.9 Å². The van der Waals surface area contributed by atoms with Gasteiger partial charge in [0.05, 0.1) is 46.5 Å². The van der Waals surface area contributed by atoms with Crippen LogP contribution in [0, 0.1) is 5.82 Å². The van der Waals surface area contributed by atoms with Crippen LogP contribution in [0.3, 0.4) is 0 Å². The number of aliphatic imine (C=N–C) groups is 1. The van der Waals surface area contributed by atoms with Crippen LogP contribution in [0.25, 0.3) is 0 Å². The number of rotatable bonds is 9. The molecule has 0 bridgehead atoms. The second kappa shape index (κ2) is 18.7. The van der Waals surface area contributed by atoms with E-state index >= 15 is 4.39 Å². The SMILES string of the molecule is C=C/C=C(\N=C(OC)c1ccc(CN2C(=O)[C@@H](NC(=O)OC(C)(C)C)CS(=O)c3cc(F)c(/C(C)=N/OC(=O)CC)cc32)cn1)C(F)(F)F.CP.[HH]. The average Bonchev–Trinajstić information content (AvgIpc) is 3.15. The number of hydrogen-bond donors (Lipinski definition) is 1. The van der Waals surface area contributed by atoms with E-state index in [2.05, 4.69) is 36.3 Å². The summed E-state index contributed by atoms with van der Waals surface area (Å²) in [4.78, 5) is 51.8. The van der Waals surface area contributed by atoms with Gasteiger partial charge in [0.15, 0.2) is 0 Å². The van der Waals surface area contributed by atoms with Gasteiger partial charge in [-0.15, -0.1) is 9.24 Å². The lowest BCUT2D eigenvalue weighted by Gasteiger charge is -2.27. The Bertz CT molecular complexity index is 1730. The Balaban J connectivity index is 0.00000443. The number of anilines is 1. The standard InChI is InChI=1S/C32H35F4N5O7S.CH5P.H2/c1-8-10-26(32(34,35)36)39-28(46-7)22-12-11-19(15-37-22)16-41-24-13-20(18(3)40-48-27(42)9-2)21(33)14-25(24)49(45)17-23(29(41)43)38-30(44)47-31(4,5)6;1-2;/h8,10-15,23H,1,9,16-17H2,2-7H3,(H,38,44);2H2,1H3;1H/b26-10-,39-28?,40-18+;;/t23-,49?;;/m0../s1. The lowest BCUT2D eigenvalue weighted by Crippen LogP contribution is -2.51. The predicted molar refractivity (Wildman–Crippen MR) is 190 cm³/mol. The van der Waals surface area contributed by atoms with Gasteiger partial charge in [-0.3, -0.25) is 14.0 Å². The molecule has 18 heteroatoms. The van der Waals surface area contributed by atoms with Crippen molar-refractivity contribution in [2.75, 3.05) is 24.4 Å². The number of alkyl halides is 3. The summed E-state index contributed by atoms with van der Waals surface area (Å²) < 4.78 is 79.5. The average molecular weight is 760 g/mol. The number of nitrogens with one attached hydrogen (secondary N) is 1. The van der Waals surface area contributed by atoms with Crippen LogP contribution in [-0.4, -0.2) is 76.1 Å². The molecular weight excluding hydrogens is 717 g/mol. The second-order valence-electron chi connectivity index (χ2n) is 11.4. The summed E-state index contributed by atoms with van der Waals surface area (Å²) in [6, 6.07) is 3.55. The number of oxime groups is 1. The maximum Gasteiger partial charge on any atom is 0.433 e. The number of allylic oxidation sites excluding steroid dienone is 3. The molecule has 1 aromatic heterocycles. The first-order valence-corrected chi connectivity index (χ1v) is 17.7. The fourth-order valence-corrected chi connectivity index (χ4v) is 5.58. The highest BCUT2D eigenvalue weighted by atomic mass is 32.2. The molecule has 2 heterocycles. The molecule has 3 rings (SSSR count). The summed E-state index contributed by atoms with van der Waals surface area (Å²) in [5, 5.41) is 6.11. The molecule has 0 fully saturated rings. The summed E-state index contributed by atoms with van der Waals surface area (Å²) >= 11 is 0. The summed E-state index contributed by atoms with van der Waals surface area (Å²) in [5.41, 5.74) is -2.18. The van der Waals surface area contributed by atoms with Gasteiger partial charge in [-0.25, -0.2) is 19.0 Å². The van der Waals surface area contributed by atoms with Gasteiger partial charge in [0, 0.05) is 19.6 Å². The van der Waals surface area contributed by atoms with Crippen LogP contribution < -0.4 is 10.2 Å². The molecular formula is C33H42F4N5O7PS. The number of hydrogen-bond acceptors (Lipinski definition) is 10. The van der Waals surface area contributed by atoms with Gasteiger partial charge in [0.2, 0.25) is 5.90 Å². The maximum atomic E-state index is 15.4. The van der Waals surface area contributed by atoms with Crippen molar-refractivity contribution < 1.29 is 51.9 Å². The molecule has 1 N–H and O–H groups in total. The summed E-state index contributed by atoms with van der Waals surface area (Å²) in [5.74, 6) is -3.16. The Labute approximate surface area is 299 Å². The van der Waals surface area contributed by atoms with E-state index < -0.39 is 69.8 Å². The highest BCUT2D eigenvalue weighted by Crippen LogP contribution is 2.33. The fourth-order valence-electron chi connectivity index (χ4n) is 4.23. The zero-order valence-electron chi connectivity index (χ0n) is 29.1. The third-order valence-electron chi connectivity index (χ3n) is 6.49. The van der Waals surface area contributed by atoms with E-state index in [1.807, 2.05) is 6.66 Å². The lowest BCUT2D eigenvalue weighted by atomic mass is 10.1. The van der Waals surface area contributed by atoms with Crippen molar-refractivity contribution in [3.8, 4) is 0 Å². The predicted octanol–water partition coefficient (Wildman–Crippen LogP) is 6.21. The molecule has 0 saturated carbocycles. The molecule has 1 aromatic carbocycles. The number of benzene rings is 1. The van der Waals surface area contributed by atoms with Crippen molar-refractivity contribution in [2.24, 2.45) is 10.1 Å². The van der Waals surface area contributed by atoms with Crippen LogP contribution in [0.5, 0.6) is 0 Å². The zero-order valence-corrected chi connectivity index (χ0v) is 31.1.